The summed E-state index contributed by atoms with van der Waals surface area (Å²) in [6.07, 6.45) is 2.12. The Labute approximate surface area is 173 Å². The molecule has 1 atom stereocenters. The quantitative estimate of drug-likeness (QED) is 0.508. The monoisotopic (exact) mass is 410 g/mol. The molecule has 1 unspecified atom stereocenters. The highest BCUT2D eigenvalue weighted by Gasteiger charge is 2.18. The van der Waals surface area contributed by atoms with E-state index in [1.807, 2.05) is 25.1 Å². The number of furan rings is 1. The zero-order valence-electron chi connectivity index (χ0n) is 16.2. The van der Waals surface area contributed by atoms with Gasteiger partial charge in [-0.1, -0.05) is 13.0 Å². The molecule has 150 valence electrons. The number of amides is 2. The van der Waals surface area contributed by atoms with Crippen LogP contribution in [0, 0.1) is 0 Å². The van der Waals surface area contributed by atoms with Crippen molar-refractivity contribution in [1.29, 1.82) is 0 Å². The van der Waals surface area contributed by atoms with Crippen LogP contribution in [-0.4, -0.2) is 24.2 Å². The van der Waals surface area contributed by atoms with E-state index in [0.29, 0.717) is 17.8 Å². The number of anilines is 2. The van der Waals surface area contributed by atoms with Crippen LogP contribution in [-0.2, 0) is 4.79 Å². The van der Waals surface area contributed by atoms with Gasteiger partial charge in [-0.15, -0.1) is 11.8 Å². The summed E-state index contributed by atoms with van der Waals surface area (Å²) in [6, 6.07) is 17.9. The number of ether oxygens (including phenoxy) is 1. The van der Waals surface area contributed by atoms with Crippen LogP contribution < -0.4 is 15.4 Å². The number of carbonyl (C=O) groups is 2. The van der Waals surface area contributed by atoms with Gasteiger partial charge in [0.1, 0.15) is 5.75 Å². The first-order valence-corrected chi connectivity index (χ1v) is 10.0. The lowest BCUT2D eigenvalue weighted by atomic mass is 10.2. The van der Waals surface area contributed by atoms with E-state index in [2.05, 4.69) is 10.6 Å². The Morgan fingerprint density at radius 2 is 1.83 bits per heavy atom. The third-order valence-electron chi connectivity index (χ3n) is 4.14. The minimum Gasteiger partial charge on any atom is -0.497 e. The molecule has 0 spiro atoms. The Morgan fingerprint density at radius 3 is 2.48 bits per heavy atom. The maximum atomic E-state index is 12.7. The number of rotatable bonds is 8. The summed E-state index contributed by atoms with van der Waals surface area (Å²) in [5.74, 6) is 0.584. The fourth-order valence-electron chi connectivity index (χ4n) is 2.63. The van der Waals surface area contributed by atoms with Crippen LogP contribution in [0.2, 0.25) is 0 Å². The molecule has 0 radical (unpaired) electrons. The van der Waals surface area contributed by atoms with Crippen molar-refractivity contribution < 1.29 is 18.7 Å². The molecule has 0 aliphatic carbocycles. The predicted octanol–water partition coefficient (Wildman–Crippen LogP) is 5.05. The largest absolute Gasteiger partial charge is 0.497 e. The van der Waals surface area contributed by atoms with E-state index in [1.165, 1.54) is 18.0 Å². The lowest BCUT2D eigenvalue weighted by Gasteiger charge is -2.15. The minimum absolute atomic E-state index is 0.0762. The topological polar surface area (TPSA) is 80.6 Å². The highest BCUT2D eigenvalue weighted by Crippen LogP contribution is 2.29. The van der Waals surface area contributed by atoms with Crippen LogP contribution in [0.4, 0.5) is 11.4 Å². The zero-order valence-corrected chi connectivity index (χ0v) is 17.0. The third-order valence-corrected chi connectivity index (χ3v) is 5.49. The van der Waals surface area contributed by atoms with Crippen molar-refractivity contribution in [2.45, 2.75) is 23.5 Å². The molecule has 3 rings (SSSR count). The van der Waals surface area contributed by atoms with Gasteiger partial charge in [0.05, 0.1) is 18.6 Å². The summed E-state index contributed by atoms with van der Waals surface area (Å²) in [7, 11) is 1.60. The fraction of sp³-hybridized carbons (Fsp3) is 0.182. The lowest BCUT2D eigenvalue weighted by Crippen LogP contribution is -2.24. The molecule has 2 aromatic carbocycles. The standard InChI is InChI=1S/C22H22N2O4S/c1-3-20(22(26)23-15-9-11-17(27-2)12-10-15)29-18-7-4-6-16(14-18)24-21(25)19-8-5-13-28-19/h4-14,20H,3H2,1-2H3,(H,23,26)(H,24,25). The Morgan fingerprint density at radius 1 is 1.03 bits per heavy atom. The van der Waals surface area contributed by atoms with E-state index < -0.39 is 0 Å². The van der Waals surface area contributed by atoms with E-state index in [-0.39, 0.29) is 22.8 Å². The smallest absolute Gasteiger partial charge is 0.291 e. The molecule has 29 heavy (non-hydrogen) atoms. The number of methoxy groups -OCH3 is 1. The van der Waals surface area contributed by atoms with Crippen molar-refractivity contribution in [2.24, 2.45) is 0 Å². The van der Waals surface area contributed by atoms with Gasteiger partial charge in [-0.3, -0.25) is 9.59 Å². The summed E-state index contributed by atoms with van der Waals surface area (Å²) in [5.41, 5.74) is 1.36. The maximum absolute atomic E-state index is 12.7. The second-order valence-corrected chi connectivity index (χ2v) is 7.47. The Kier molecular flexibility index (Phi) is 6.97. The van der Waals surface area contributed by atoms with E-state index in [1.54, 1.807) is 49.6 Å². The molecular weight excluding hydrogens is 388 g/mol. The van der Waals surface area contributed by atoms with Crippen molar-refractivity contribution in [3.8, 4) is 5.75 Å². The molecule has 0 aliphatic heterocycles. The molecule has 0 fully saturated rings. The summed E-state index contributed by atoms with van der Waals surface area (Å²) < 4.78 is 10.2. The molecule has 0 saturated carbocycles. The van der Waals surface area contributed by atoms with E-state index in [4.69, 9.17) is 9.15 Å². The van der Waals surface area contributed by atoms with Crippen LogP contribution >= 0.6 is 11.8 Å². The van der Waals surface area contributed by atoms with Crippen LogP contribution in [0.3, 0.4) is 0 Å². The van der Waals surface area contributed by atoms with Crippen molar-refractivity contribution in [2.75, 3.05) is 17.7 Å². The van der Waals surface area contributed by atoms with Gasteiger partial charge in [0.25, 0.3) is 5.91 Å². The molecular formula is C22H22N2O4S. The highest BCUT2D eigenvalue weighted by atomic mass is 32.2. The first-order valence-electron chi connectivity index (χ1n) is 9.15. The fourth-order valence-corrected chi connectivity index (χ4v) is 3.64. The average molecular weight is 410 g/mol. The minimum atomic E-state index is -0.318. The van der Waals surface area contributed by atoms with Gasteiger partial charge < -0.3 is 19.8 Å². The summed E-state index contributed by atoms with van der Waals surface area (Å²) in [4.78, 5) is 25.7. The molecule has 0 aliphatic rings. The maximum Gasteiger partial charge on any atom is 0.291 e. The number of hydrogen-bond acceptors (Lipinski definition) is 5. The van der Waals surface area contributed by atoms with Crippen LogP contribution in [0.15, 0.2) is 76.2 Å². The number of nitrogens with one attached hydrogen (secondary N) is 2. The number of thioether (sulfide) groups is 1. The summed E-state index contributed by atoms with van der Waals surface area (Å²) >= 11 is 1.45. The van der Waals surface area contributed by atoms with Gasteiger partial charge in [0.15, 0.2) is 5.76 Å². The number of benzene rings is 2. The second-order valence-electron chi connectivity index (χ2n) is 6.19. The van der Waals surface area contributed by atoms with Gasteiger partial charge in [0, 0.05) is 16.3 Å². The van der Waals surface area contributed by atoms with Gasteiger partial charge in [0.2, 0.25) is 5.91 Å². The van der Waals surface area contributed by atoms with Gasteiger partial charge in [-0.05, 0) is 61.0 Å². The Bertz CT molecular complexity index is 955. The van der Waals surface area contributed by atoms with E-state index in [9.17, 15) is 9.59 Å². The average Bonchev–Trinajstić information content (AvgIpc) is 3.28. The van der Waals surface area contributed by atoms with Crippen molar-refractivity contribution in [3.05, 3.63) is 72.7 Å². The van der Waals surface area contributed by atoms with E-state index in [0.717, 1.165) is 10.6 Å². The van der Waals surface area contributed by atoms with Gasteiger partial charge in [-0.25, -0.2) is 0 Å². The molecule has 3 aromatic rings. The normalized spacial score (nSPS) is 11.5. The molecule has 0 bridgehead atoms. The number of carbonyl (C=O) groups excluding carboxylic acids is 2. The van der Waals surface area contributed by atoms with Crippen molar-refractivity contribution in [3.63, 3.8) is 0 Å². The van der Waals surface area contributed by atoms with Crippen LogP contribution in [0.25, 0.3) is 0 Å². The first kappa shape index (κ1) is 20.5. The van der Waals surface area contributed by atoms with Gasteiger partial charge >= 0.3 is 0 Å². The van der Waals surface area contributed by atoms with Crippen LogP contribution in [0.5, 0.6) is 5.75 Å². The summed E-state index contributed by atoms with van der Waals surface area (Å²) in [6.45, 7) is 1.97. The summed E-state index contributed by atoms with van der Waals surface area (Å²) in [5, 5.41) is 5.46. The number of hydrogen-bond donors (Lipinski definition) is 2. The van der Waals surface area contributed by atoms with Crippen LogP contribution in [0.1, 0.15) is 23.9 Å². The third kappa shape index (κ3) is 5.65. The molecule has 0 saturated heterocycles. The molecule has 2 N–H and O–H groups in total. The molecule has 6 nitrogen and oxygen atoms in total. The van der Waals surface area contributed by atoms with Crippen molar-refractivity contribution >= 4 is 35.0 Å². The van der Waals surface area contributed by atoms with Gasteiger partial charge in [-0.2, -0.15) is 0 Å². The zero-order chi connectivity index (χ0) is 20.6. The lowest BCUT2D eigenvalue weighted by molar-refractivity contribution is -0.115. The molecule has 2 amide bonds. The molecule has 1 heterocycles. The highest BCUT2D eigenvalue weighted by molar-refractivity contribution is 8.00. The van der Waals surface area contributed by atoms with Crippen molar-refractivity contribution in [1.82, 2.24) is 0 Å². The van der Waals surface area contributed by atoms with E-state index >= 15 is 0 Å². The second kappa shape index (κ2) is 9.84. The predicted molar refractivity (Wildman–Crippen MR) is 115 cm³/mol. The Hall–Kier alpha value is -3.19. The molecule has 1 aromatic heterocycles. The first-order chi connectivity index (χ1) is 14.1. The molecule has 7 heteroatoms. The Balaban J connectivity index is 1.63. The SMILES string of the molecule is CCC(Sc1cccc(NC(=O)c2ccco2)c1)C(=O)Nc1ccc(OC)cc1.